The maximum Gasteiger partial charge on any atom is 0.256 e. The first-order valence-electron chi connectivity index (χ1n) is 8.14. The Kier molecular flexibility index (Phi) is 4.75. The van der Waals surface area contributed by atoms with E-state index in [1.807, 2.05) is 37.3 Å². The number of hydrogen-bond donors (Lipinski definition) is 1. The monoisotopic (exact) mass is 395 g/mol. The molecule has 0 spiro atoms. The van der Waals surface area contributed by atoms with Crippen LogP contribution in [0.4, 0.5) is 5.69 Å². The minimum absolute atomic E-state index is 0.163. The van der Waals surface area contributed by atoms with Crippen LogP contribution < -0.4 is 5.32 Å². The average molecular weight is 396 g/mol. The minimum atomic E-state index is -0.163. The average Bonchev–Trinajstić information content (AvgIpc) is 3.32. The molecule has 0 aliphatic rings. The fraction of sp³-hybridized carbons (Fsp3) is 0.0500. The van der Waals surface area contributed by atoms with Gasteiger partial charge in [0.25, 0.3) is 5.91 Å². The van der Waals surface area contributed by atoms with Crippen LogP contribution in [0.25, 0.3) is 21.1 Å². The van der Waals surface area contributed by atoms with Gasteiger partial charge in [0.05, 0.1) is 21.0 Å². The molecule has 1 aromatic carbocycles. The lowest BCUT2D eigenvalue weighted by Crippen LogP contribution is -2.13. The van der Waals surface area contributed by atoms with Crippen molar-refractivity contribution >= 4 is 34.5 Å². The standard InChI is InChI=1S/C20H14ClN3O2S/c1-12-11-22-8-6-15(12)20(25)24-14-4-2-13(3-5-14)19-16(21)10-18(27-19)17-7-9-23-26-17/h2-11H,1H3,(H,24,25). The number of benzene rings is 1. The van der Waals surface area contributed by atoms with Crippen LogP contribution in [0.1, 0.15) is 15.9 Å². The highest BCUT2D eigenvalue weighted by molar-refractivity contribution is 7.19. The van der Waals surface area contributed by atoms with Crippen molar-refractivity contribution in [3.63, 3.8) is 0 Å². The van der Waals surface area contributed by atoms with Gasteiger partial charge in [0, 0.05) is 29.7 Å². The van der Waals surface area contributed by atoms with Crippen molar-refractivity contribution in [2.75, 3.05) is 5.32 Å². The third-order valence-corrected chi connectivity index (χ3v) is 5.65. The topological polar surface area (TPSA) is 68.0 Å². The van der Waals surface area contributed by atoms with Crippen LogP contribution in [0.15, 0.2) is 65.6 Å². The molecule has 0 bridgehead atoms. The molecule has 5 nitrogen and oxygen atoms in total. The lowest BCUT2D eigenvalue weighted by atomic mass is 10.1. The van der Waals surface area contributed by atoms with Gasteiger partial charge >= 0.3 is 0 Å². The second-order valence-electron chi connectivity index (χ2n) is 5.89. The molecular weight excluding hydrogens is 382 g/mol. The van der Waals surface area contributed by atoms with Crippen molar-refractivity contribution in [3.8, 4) is 21.1 Å². The molecule has 1 N–H and O–H groups in total. The minimum Gasteiger partial charge on any atom is -0.355 e. The van der Waals surface area contributed by atoms with E-state index in [9.17, 15) is 4.79 Å². The molecule has 0 radical (unpaired) electrons. The summed E-state index contributed by atoms with van der Waals surface area (Å²) in [4.78, 5) is 18.3. The molecule has 4 rings (SSSR count). The van der Waals surface area contributed by atoms with Gasteiger partial charge in [-0.3, -0.25) is 9.78 Å². The number of nitrogens with zero attached hydrogens (tertiary/aromatic N) is 2. The number of aryl methyl sites for hydroxylation is 1. The molecule has 3 heterocycles. The summed E-state index contributed by atoms with van der Waals surface area (Å²) in [5.41, 5.74) is 3.11. The van der Waals surface area contributed by atoms with E-state index < -0.39 is 0 Å². The van der Waals surface area contributed by atoms with Gasteiger partial charge in [0.2, 0.25) is 0 Å². The van der Waals surface area contributed by atoms with Crippen molar-refractivity contribution in [1.29, 1.82) is 0 Å². The van der Waals surface area contributed by atoms with E-state index in [1.54, 1.807) is 30.7 Å². The normalized spacial score (nSPS) is 10.7. The second-order valence-corrected chi connectivity index (χ2v) is 7.35. The van der Waals surface area contributed by atoms with E-state index in [0.29, 0.717) is 22.0 Å². The molecule has 0 aliphatic carbocycles. The fourth-order valence-corrected chi connectivity index (χ4v) is 4.07. The molecule has 27 heavy (non-hydrogen) atoms. The highest BCUT2D eigenvalue weighted by Gasteiger charge is 2.14. The molecular formula is C20H14ClN3O2S. The third-order valence-electron chi connectivity index (χ3n) is 4.04. The molecule has 0 atom stereocenters. The van der Waals surface area contributed by atoms with Gasteiger partial charge in [-0.2, -0.15) is 0 Å². The summed E-state index contributed by atoms with van der Waals surface area (Å²) in [6.45, 7) is 1.86. The van der Waals surface area contributed by atoms with Gasteiger partial charge in [0.15, 0.2) is 5.76 Å². The number of aromatic nitrogens is 2. The number of anilines is 1. The van der Waals surface area contributed by atoms with Crippen molar-refractivity contribution in [2.24, 2.45) is 0 Å². The van der Waals surface area contributed by atoms with Crippen LogP contribution in [-0.2, 0) is 0 Å². The predicted octanol–water partition coefficient (Wildman–Crippen LogP) is 5.68. The summed E-state index contributed by atoms with van der Waals surface area (Å²) >= 11 is 7.92. The van der Waals surface area contributed by atoms with E-state index in [1.165, 1.54) is 11.3 Å². The first-order chi connectivity index (χ1) is 13.1. The summed E-state index contributed by atoms with van der Waals surface area (Å²) in [5, 5.41) is 7.27. The van der Waals surface area contributed by atoms with Crippen LogP contribution in [0.5, 0.6) is 0 Å². The highest BCUT2D eigenvalue weighted by Crippen LogP contribution is 2.41. The first-order valence-corrected chi connectivity index (χ1v) is 9.34. The van der Waals surface area contributed by atoms with Crippen LogP contribution in [0.2, 0.25) is 5.02 Å². The zero-order valence-corrected chi connectivity index (χ0v) is 15.8. The molecule has 3 aromatic heterocycles. The molecule has 4 aromatic rings. The van der Waals surface area contributed by atoms with E-state index in [0.717, 1.165) is 20.9 Å². The molecule has 134 valence electrons. The van der Waals surface area contributed by atoms with Gasteiger partial charge < -0.3 is 9.84 Å². The highest BCUT2D eigenvalue weighted by atomic mass is 35.5. The van der Waals surface area contributed by atoms with E-state index in [2.05, 4.69) is 15.5 Å². The Labute approximate surface area is 164 Å². The van der Waals surface area contributed by atoms with Gasteiger partial charge in [-0.05, 0) is 42.3 Å². The number of carbonyl (C=O) groups excluding carboxylic acids is 1. The second kappa shape index (κ2) is 7.34. The maximum absolute atomic E-state index is 12.4. The van der Waals surface area contributed by atoms with Crippen LogP contribution in [0, 0.1) is 6.92 Å². The lowest BCUT2D eigenvalue weighted by Gasteiger charge is -2.08. The summed E-state index contributed by atoms with van der Waals surface area (Å²) in [6.07, 6.45) is 4.88. The van der Waals surface area contributed by atoms with Crippen molar-refractivity contribution in [1.82, 2.24) is 10.1 Å². The molecule has 0 aliphatic heterocycles. The zero-order valence-electron chi connectivity index (χ0n) is 14.3. The molecule has 7 heteroatoms. The Bertz CT molecular complexity index is 1090. The van der Waals surface area contributed by atoms with Gasteiger partial charge in [-0.15, -0.1) is 11.3 Å². The quantitative estimate of drug-likeness (QED) is 0.482. The van der Waals surface area contributed by atoms with Crippen LogP contribution in [0.3, 0.4) is 0 Å². The number of amides is 1. The largest absolute Gasteiger partial charge is 0.355 e. The predicted molar refractivity (Wildman–Crippen MR) is 107 cm³/mol. The van der Waals surface area contributed by atoms with Crippen molar-refractivity contribution in [3.05, 3.63) is 77.2 Å². The number of halogens is 1. The van der Waals surface area contributed by atoms with Gasteiger partial charge in [0.1, 0.15) is 0 Å². The SMILES string of the molecule is Cc1cnccc1C(=O)Nc1ccc(-c2sc(-c3ccno3)cc2Cl)cc1. The number of nitrogens with one attached hydrogen (secondary N) is 1. The lowest BCUT2D eigenvalue weighted by molar-refractivity contribution is 0.102. The number of hydrogen-bond acceptors (Lipinski definition) is 5. The molecule has 0 fully saturated rings. The van der Waals surface area contributed by atoms with Crippen molar-refractivity contribution in [2.45, 2.75) is 6.92 Å². The molecule has 1 amide bonds. The zero-order chi connectivity index (χ0) is 18.8. The maximum atomic E-state index is 12.4. The smallest absolute Gasteiger partial charge is 0.256 e. The van der Waals surface area contributed by atoms with E-state index in [4.69, 9.17) is 16.1 Å². The number of carbonyl (C=O) groups is 1. The number of thiophene rings is 1. The van der Waals surface area contributed by atoms with Gasteiger partial charge in [-0.1, -0.05) is 28.9 Å². The number of rotatable bonds is 4. The molecule has 0 saturated carbocycles. The molecule has 0 unspecified atom stereocenters. The fourth-order valence-electron chi connectivity index (χ4n) is 2.66. The Morgan fingerprint density at radius 2 is 1.96 bits per heavy atom. The Hall–Kier alpha value is -2.96. The summed E-state index contributed by atoms with van der Waals surface area (Å²) in [7, 11) is 0. The third kappa shape index (κ3) is 3.63. The summed E-state index contributed by atoms with van der Waals surface area (Å²) in [5.74, 6) is 0.522. The first kappa shape index (κ1) is 17.5. The Morgan fingerprint density at radius 1 is 1.15 bits per heavy atom. The summed E-state index contributed by atoms with van der Waals surface area (Å²) in [6, 6.07) is 12.9. The van der Waals surface area contributed by atoms with E-state index in [-0.39, 0.29) is 5.91 Å². The van der Waals surface area contributed by atoms with Crippen LogP contribution in [-0.4, -0.2) is 16.0 Å². The van der Waals surface area contributed by atoms with Crippen LogP contribution >= 0.6 is 22.9 Å². The van der Waals surface area contributed by atoms with Crippen molar-refractivity contribution < 1.29 is 9.32 Å². The molecule has 0 saturated heterocycles. The Balaban J connectivity index is 1.55. The Morgan fingerprint density at radius 3 is 2.67 bits per heavy atom. The van der Waals surface area contributed by atoms with E-state index >= 15 is 0 Å². The number of pyridine rings is 1. The van der Waals surface area contributed by atoms with Gasteiger partial charge in [-0.25, -0.2) is 0 Å². The summed E-state index contributed by atoms with van der Waals surface area (Å²) < 4.78 is 5.19.